The van der Waals surface area contributed by atoms with Crippen molar-refractivity contribution < 1.29 is 9.59 Å². The van der Waals surface area contributed by atoms with E-state index in [1.54, 1.807) is 0 Å². The molecular weight excluding hydrogens is 280 g/mol. The van der Waals surface area contributed by atoms with Crippen LogP contribution in [-0.2, 0) is 4.79 Å². The molecule has 0 aliphatic carbocycles. The lowest BCUT2D eigenvalue weighted by Crippen LogP contribution is -2.29. The number of fused-ring (bicyclic) bond motifs is 1. The van der Waals surface area contributed by atoms with Gasteiger partial charge in [0.1, 0.15) is 0 Å². The van der Waals surface area contributed by atoms with Crippen LogP contribution in [0, 0.1) is 0 Å². The SMILES string of the molecule is CCCCN1C(=O)c2ccccc2C1CCC(=O)N=C(N)N. The summed E-state index contributed by atoms with van der Waals surface area (Å²) in [6.07, 6.45) is 2.70. The molecule has 1 aromatic carbocycles. The Labute approximate surface area is 130 Å². The van der Waals surface area contributed by atoms with Crippen LogP contribution in [-0.4, -0.2) is 29.2 Å². The molecule has 0 radical (unpaired) electrons. The number of amides is 2. The summed E-state index contributed by atoms with van der Waals surface area (Å²) in [5.41, 5.74) is 12.1. The smallest absolute Gasteiger partial charge is 0.254 e. The van der Waals surface area contributed by atoms with E-state index >= 15 is 0 Å². The largest absolute Gasteiger partial charge is 0.370 e. The zero-order valence-electron chi connectivity index (χ0n) is 12.8. The molecule has 1 aromatic rings. The highest BCUT2D eigenvalue weighted by atomic mass is 16.2. The lowest BCUT2D eigenvalue weighted by atomic mass is 10.0. The van der Waals surface area contributed by atoms with Gasteiger partial charge in [0.2, 0.25) is 5.91 Å². The van der Waals surface area contributed by atoms with Gasteiger partial charge < -0.3 is 16.4 Å². The summed E-state index contributed by atoms with van der Waals surface area (Å²) in [5.74, 6) is -0.536. The second kappa shape index (κ2) is 7.06. The molecule has 1 aliphatic rings. The minimum atomic E-state index is -0.354. The van der Waals surface area contributed by atoms with Crippen molar-refractivity contribution in [2.45, 2.75) is 38.6 Å². The van der Waals surface area contributed by atoms with Crippen molar-refractivity contribution in [3.63, 3.8) is 0 Å². The molecule has 0 saturated heterocycles. The highest BCUT2D eigenvalue weighted by molar-refractivity contribution is 5.99. The number of rotatable bonds is 6. The predicted octanol–water partition coefficient (Wildman–Crippen LogP) is 1.56. The summed E-state index contributed by atoms with van der Waals surface area (Å²) in [7, 11) is 0. The number of hydrogen-bond donors (Lipinski definition) is 2. The quantitative estimate of drug-likeness (QED) is 0.615. The highest BCUT2D eigenvalue weighted by Crippen LogP contribution is 2.36. The van der Waals surface area contributed by atoms with Gasteiger partial charge in [0.25, 0.3) is 5.91 Å². The van der Waals surface area contributed by atoms with E-state index in [0.717, 1.165) is 24.0 Å². The van der Waals surface area contributed by atoms with Crippen LogP contribution in [0.1, 0.15) is 54.6 Å². The summed E-state index contributed by atoms with van der Waals surface area (Å²) in [4.78, 5) is 29.6. The first-order valence-corrected chi connectivity index (χ1v) is 7.57. The molecule has 1 atom stereocenters. The molecule has 1 unspecified atom stereocenters. The van der Waals surface area contributed by atoms with Crippen molar-refractivity contribution in [2.24, 2.45) is 16.5 Å². The lowest BCUT2D eigenvalue weighted by molar-refractivity contribution is -0.118. The molecule has 2 rings (SSSR count). The summed E-state index contributed by atoms with van der Waals surface area (Å²) < 4.78 is 0. The van der Waals surface area contributed by atoms with Crippen molar-refractivity contribution in [2.75, 3.05) is 6.54 Å². The monoisotopic (exact) mass is 302 g/mol. The van der Waals surface area contributed by atoms with Crippen molar-refractivity contribution in [3.05, 3.63) is 35.4 Å². The molecule has 118 valence electrons. The molecular formula is C16H22N4O2. The van der Waals surface area contributed by atoms with Crippen LogP contribution in [0.4, 0.5) is 0 Å². The maximum atomic E-state index is 12.5. The summed E-state index contributed by atoms with van der Waals surface area (Å²) in [6.45, 7) is 2.79. The fourth-order valence-electron chi connectivity index (χ4n) is 2.80. The first kappa shape index (κ1) is 16.0. The normalized spacial score (nSPS) is 16.5. The maximum Gasteiger partial charge on any atom is 0.254 e. The van der Waals surface area contributed by atoms with E-state index in [1.165, 1.54) is 0 Å². The maximum absolute atomic E-state index is 12.5. The van der Waals surface area contributed by atoms with Gasteiger partial charge in [0, 0.05) is 18.5 Å². The van der Waals surface area contributed by atoms with Gasteiger partial charge in [-0.2, -0.15) is 4.99 Å². The van der Waals surface area contributed by atoms with Gasteiger partial charge >= 0.3 is 0 Å². The molecule has 2 amide bonds. The number of nitrogens with zero attached hydrogens (tertiary/aromatic N) is 2. The second-order valence-corrected chi connectivity index (χ2v) is 5.42. The topological polar surface area (TPSA) is 102 Å². The van der Waals surface area contributed by atoms with E-state index < -0.39 is 0 Å². The van der Waals surface area contributed by atoms with Crippen LogP contribution in [0.2, 0.25) is 0 Å². The number of carbonyl (C=O) groups excluding carboxylic acids is 2. The Bertz CT molecular complexity index is 594. The molecule has 1 aliphatic heterocycles. The van der Waals surface area contributed by atoms with E-state index in [9.17, 15) is 9.59 Å². The Hall–Kier alpha value is -2.37. The number of hydrogen-bond acceptors (Lipinski definition) is 2. The average Bonchev–Trinajstić information content (AvgIpc) is 2.75. The molecule has 0 spiro atoms. The Morgan fingerprint density at radius 1 is 1.32 bits per heavy atom. The van der Waals surface area contributed by atoms with Gasteiger partial charge in [-0.25, -0.2) is 0 Å². The molecule has 6 heteroatoms. The van der Waals surface area contributed by atoms with Gasteiger partial charge in [0.05, 0.1) is 6.04 Å². The van der Waals surface area contributed by atoms with Crippen LogP contribution < -0.4 is 11.5 Å². The Balaban J connectivity index is 2.16. The van der Waals surface area contributed by atoms with E-state index in [0.29, 0.717) is 13.0 Å². The van der Waals surface area contributed by atoms with Crippen molar-refractivity contribution in [1.82, 2.24) is 4.90 Å². The number of guanidine groups is 1. The minimum absolute atomic E-state index is 0.0448. The van der Waals surface area contributed by atoms with E-state index in [1.807, 2.05) is 29.2 Å². The fraction of sp³-hybridized carbons (Fsp3) is 0.438. The molecule has 0 fully saturated rings. The molecule has 0 bridgehead atoms. The van der Waals surface area contributed by atoms with Crippen molar-refractivity contribution >= 4 is 17.8 Å². The third-order valence-corrected chi connectivity index (χ3v) is 3.83. The van der Waals surface area contributed by atoms with Crippen LogP contribution in [0.3, 0.4) is 0 Å². The molecule has 4 N–H and O–H groups in total. The van der Waals surface area contributed by atoms with Gasteiger partial charge in [-0.15, -0.1) is 0 Å². The van der Waals surface area contributed by atoms with Crippen molar-refractivity contribution in [1.29, 1.82) is 0 Å². The first-order valence-electron chi connectivity index (χ1n) is 7.57. The third-order valence-electron chi connectivity index (χ3n) is 3.83. The number of nitrogens with two attached hydrogens (primary N) is 2. The second-order valence-electron chi connectivity index (χ2n) is 5.42. The molecule has 6 nitrogen and oxygen atoms in total. The Morgan fingerprint density at radius 3 is 2.73 bits per heavy atom. The van der Waals surface area contributed by atoms with Crippen LogP contribution in [0.25, 0.3) is 0 Å². The Morgan fingerprint density at radius 2 is 2.05 bits per heavy atom. The number of unbranched alkanes of at least 4 members (excludes halogenated alkanes) is 1. The fourth-order valence-corrected chi connectivity index (χ4v) is 2.80. The number of aliphatic imine (C=N–C) groups is 1. The molecule has 22 heavy (non-hydrogen) atoms. The zero-order chi connectivity index (χ0) is 16.1. The van der Waals surface area contributed by atoms with Crippen LogP contribution in [0.5, 0.6) is 0 Å². The molecule has 0 aromatic heterocycles. The van der Waals surface area contributed by atoms with Crippen LogP contribution >= 0.6 is 0 Å². The summed E-state index contributed by atoms with van der Waals surface area (Å²) in [5, 5.41) is 0. The van der Waals surface area contributed by atoms with Crippen LogP contribution in [0.15, 0.2) is 29.3 Å². The van der Waals surface area contributed by atoms with Gasteiger partial charge in [-0.1, -0.05) is 31.5 Å². The zero-order valence-corrected chi connectivity index (χ0v) is 12.8. The highest BCUT2D eigenvalue weighted by Gasteiger charge is 2.35. The third kappa shape index (κ3) is 3.44. The van der Waals surface area contributed by atoms with Gasteiger partial charge in [0.15, 0.2) is 5.96 Å². The number of carbonyl (C=O) groups is 2. The minimum Gasteiger partial charge on any atom is -0.370 e. The van der Waals surface area contributed by atoms with Gasteiger partial charge in [-0.3, -0.25) is 9.59 Å². The summed E-state index contributed by atoms with van der Waals surface area (Å²) >= 11 is 0. The predicted molar refractivity (Wildman–Crippen MR) is 85.2 cm³/mol. The van der Waals surface area contributed by atoms with E-state index in [-0.39, 0.29) is 30.2 Å². The molecule has 0 saturated carbocycles. The number of benzene rings is 1. The Kier molecular flexibility index (Phi) is 5.14. The van der Waals surface area contributed by atoms with E-state index in [4.69, 9.17) is 11.5 Å². The lowest BCUT2D eigenvalue weighted by Gasteiger charge is -2.25. The summed E-state index contributed by atoms with van der Waals surface area (Å²) in [6, 6.07) is 7.50. The van der Waals surface area contributed by atoms with E-state index in [2.05, 4.69) is 11.9 Å². The van der Waals surface area contributed by atoms with Crippen molar-refractivity contribution in [3.8, 4) is 0 Å². The average molecular weight is 302 g/mol. The first-order chi connectivity index (χ1) is 10.5. The molecule has 1 heterocycles. The van der Waals surface area contributed by atoms with Gasteiger partial charge in [-0.05, 0) is 24.5 Å². The standard InChI is InChI=1S/C16H22N4O2/c1-2-3-10-20-13(8-9-14(21)19-16(17)18)11-6-4-5-7-12(11)15(20)22/h4-7,13H,2-3,8-10H2,1H3,(H4,17,18,19,21).